The summed E-state index contributed by atoms with van der Waals surface area (Å²) in [5, 5.41) is 3.30. The van der Waals surface area contributed by atoms with Crippen LogP contribution in [-0.4, -0.2) is 33.2 Å². The molecule has 2 aromatic carbocycles. The highest BCUT2D eigenvalue weighted by Crippen LogP contribution is 2.41. The van der Waals surface area contributed by atoms with Crippen LogP contribution in [0.5, 0.6) is 11.5 Å². The molecule has 1 heterocycles. The van der Waals surface area contributed by atoms with Crippen LogP contribution in [0.2, 0.25) is 0 Å². The van der Waals surface area contributed by atoms with Gasteiger partial charge in [-0.3, -0.25) is 4.79 Å². The third-order valence-corrected chi connectivity index (χ3v) is 6.69. The Hall–Kier alpha value is -3.10. The van der Waals surface area contributed by atoms with Crippen LogP contribution in [-0.2, 0) is 16.0 Å². The van der Waals surface area contributed by atoms with Gasteiger partial charge < -0.3 is 19.5 Å². The number of ether oxygens (including phenoxy) is 3. The molecule has 0 bridgehead atoms. The van der Waals surface area contributed by atoms with Crippen LogP contribution in [0.3, 0.4) is 0 Å². The standard InChI is InChI=1S/C25H24BrNO5S/c1-5-20-22(15-6-9-17(26)10-7-15)23(25(29)32-4)24(33-20)27-21(28)13-8-16-14-18(30-2)11-12-19(16)31-3/h6-14H,5H2,1-4H3,(H,27,28)/b13-8+. The smallest absolute Gasteiger partial charge is 0.341 e. The summed E-state index contributed by atoms with van der Waals surface area (Å²) in [5.41, 5.74) is 2.69. The molecule has 0 atom stereocenters. The number of methoxy groups -OCH3 is 3. The van der Waals surface area contributed by atoms with Gasteiger partial charge in [-0.25, -0.2) is 4.79 Å². The minimum Gasteiger partial charge on any atom is -0.497 e. The van der Waals surface area contributed by atoms with Crippen LogP contribution in [0.1, 0.15) is 27.7 Å². The van der Waals surface area contributed by atoms with E-state index in [0.29, 0.717) is 34.0 Å². The SMILES string of the molecule is CCc1sc(NC(=O)/C=C/c2cc(OC)ccc2OC)c(C(=O)OC)c1-c1ccc(Br)cc1. The largest absolute Gasteiger partial charge is 0.497 e. The number of hydrogen-bond donors (Lipinski definition) is 1. The fraction of sp³-hybridized carbons (Fsp3) is 0.200. The van der Waals surface area contributed by atoms with Crippen LogP contribution in [0, 0.1) is 0 Å². The highest BCUT2D eigenvalue weighted by molar-refractivity contribution is 9.10. The van der Waals surface area contributed by atoms with Crippen molar-refractivity contribution in [2.45, 2.75) is 13.3 Å². The fourth-order valence-electron chi connectivity index (χ4n) is 3.32. The van der Waals surface area contributed by atoms with Crippen molar-refractivity contribution in [1.29, 1.82) is 0 Å². The molecule has 0 radical (unpaired) electrons. The number of hydrogen-bond acceptors (Lipinski definition) is 6. The third kappa shape index (κ3) is 5.64. The number of amides is 1. The van der Waals surface area contributed by atoms with Crippen molar-refractivity contribution in [2.75, 3.05) is 26.6 Å². The van der Waals surface area contributed by atoms with E-state index in [1.54, 1.807) is 38.5 Å². The molecule has 0 saturated carbocycles. The Labute approximate surface area is 205 Å². The van der Waals surface area contributed by atoms with E-state index in [4.69, 9.17) is 14.2 Å². The van der Waals surface area contributed by atoms with Gasteiger partial charge in [-0.15, -0.1) is 11.3 Å². The van der Waals surface area contributed by atoms with E-state index >= 15 is 0 Å². The molecular formula is C25H24BrNO5S. The van der Waals surface area contributed by atoms with Crippen molar-refractivity contribution in [3.05, 3.63) is 69.0 Å². The average molecular weight is 530 g/mol. The molecule has 33 heavy (non-hydrogen) atoms. The first-order chi connectivity index (χ1) is 15.9. The van der Waals surface area contributed by atoms with Gasteiger partial charge in [0.25, 0.3) is 0 Å². The van der Waals surface area contributed by atoms with Crippen LogP contribution < -0.4 is 14.8 Å². The number of nitrogens with one attached hydrogen (secondary N) is 1. The number of halogens is 1. The van der Waals surface area contributed by atoms with Gasteiger partial charge in [-0.1, -0.05) is 35.0 Å². The van der Waals surface area contributed by atoms with Crippen molar-refractivity contribution in [3.8, 4) is 22.6 Å². The quantitative estimate of drug-likeness (QED) is 0.278. The molecule has 0 aliphatic rings. The van der Waals surface area contributed by atoms with E-state index in [1.165, 1.54) is 24.5 Å². The number of carbonyl (C=O) groups is 2. The molecule has 3 aromatic rings. The molecule has 8 heteroatoms. The summed E-state index contributed by atoms with van der Waals surface area (Å²) in [6.07, 6.45) is 3.73. The minimum absolute atomic E-state index is 0.349. The van der Waals surface area contributed by atoms with E-state index in [-0.39, 0.29) is 5.91 Å². The summed E-state index contributed by atoms with van der Waals surface area (Å²) in [6, 6.07) is 13.0. The summed E-state index contributed by atoms with van der Waals surface area (Å²) >= 11 is 4.81. The number of aryl methyl sites for hydroxylation is 1. The van der Waals surface area contributed by atoms with E-state index in [0.717, 1.165) is 20.5 Å². The second-order valence-corrected chi connectivity index (χ2v) is 8.91. The summed E-state index contributed by atoms with van der Waals surface area (Å²) in [7, 11) is 4.46. The molecule has 1 aromatic heterocycles. The molecule has 0 saturated heterocycles. The number of esters is 1. The van der Waals surface area contributed by atoms with Crippen molar-refractivity contribution >= 4 is 50.2 Å². The van der Waals surface area contributed by atoms with Gasteiger partial charge in [0, 0.05) is 26.6 Å². The zero-order chi connectivity index (χ0) is 24.0. The first-order valence-corrected chi connectivity index (χ1v) is 11.7. The number of carbonyl (C=O) groups excluding carboxylic acids is 2. The number of thiophene rings is 1. The van der Waals surface area contributed by atoms with E-state index < -0.39 is 5.97 Å². The van der Waals surface area contributed by atoms with Gasteiger partial charge in [0.2, 0.25) is 5.91 Å². The van der Waals surface area contributed by atoms with Crippen molar-refractivity contribution in [2.24, 2.45) is 0 Å². The van der Waals surface area contributed by atoms with Gasteiger partial charge in [0.05, 0.1) is 21.3 Å². The fourth-order valence-corrected chi connectivity index (χ4v) is 4.74. The monoisotopic (exact) mass is 529 g/mol. The molecule has 1 N–H and O–H groups in total. The first kappa shape index (κ1) is 24.5. The second kappa shape index (κ2) is 11.2. The minimum atomic E-state index is -0.502. The number of benzene rings is 2. The predicted molar refractivity (Wildman–Crippen MR) is 135 cm³/mol. The lowest BCUT2D eigenvalue weighted by Gasteiger charge is -2.08. The molecule has 0 fully saturated rings. The summed E-state index contributed by atoms with van der Waals surface area (Å²) in [6.45, 7) is 2.01. The van der Waals surface area contributed by atoms with Crippen LogP contribution in [0.4, 0.5) is 5.00 Å². The molecule has 1 amide bonds. The van der Waals surface area contributed by atoms with Crippen molar-refractivity contribution in [1.82, 2.24) is 0 Å². The van der Waals surface area contributed by atoms with Gasteiger partial charge in [-0.05, 0) is 48.4 Å². The van der Waals surface area contributed by atoms with Crippen LogP contribution in [0.25, 0.3) is 17.2 Å². The van der Waals surface area contributed by atoms with E-state index in [9.17, 15) is 9.59 Å². The molecule has 172 valence electrons. The Kier molecular flexibility index (Phi) is 8.30. The first-order valence-electron chi connectivity index (χ1n) is 10.1. The summed E-state index contributed by atoms with van der Waals surface area (Å²) in [5.74, 6) is 0.375. The highest BCUT2D eigenvalue weighted by atomic mass is 79.9. The lowest BCUT2D eigenvalue weighted by Crippen LogP contribution is -2.11. The molecule has 3 rings (SSSR count). The molecule has 0 spiro atoms. The Morgan fingerprint density at radius 1 is 1.06 bits per heavy atom. The van der Waals surface area contributed by atoms with E-state index in [2.05, 4.69) is 21.2 Å². The molecular weight excluding hydrogens is 506 g/mol. The zero-order valence-electron chi connectivity index (χ0n) is 18.7. The summed E-state index contributed by atoms with van der Waals surface area (Å²) < 4.78 is 16.6. The van der Waals surface area contributed by atoms with E-state index in [1.807, 2.05) is 31.2 Å². The van der Waals surface area contributed by atoms with Gasteiger partial charge in [0.1, 0.15) is 22.1 Å². The lowest BCUT2D eigenvalue weighted by atomic mass is 10.00. The highest BCUT2D eigenvalue weighted by Gasteiger charge is 2.25. The topological polar surface area (TPSA) is 73.9 Å². The number of anilines is 1. The van der Waals surface area contributed by atoms with Crippen LogP contribution in [0.15, 0.2) is 53.0 Å². The maximum Gasteiger partial charge on any atom is 0.341 e. The third-order valence-electron chi connectivity index (χ3n) is 4.91. The van der Waals surface area contributed by atoms with Gasteiger partial charge in [0.15, 0.2) is 0 Å². The molecule has 0 aliphatic heterocycles. The Balaban J connectivity index is 1.96. The second-order valence-electron chi connectivity index (χ2n) is 6.89. The normalized spacial score (nSPS) is 10.8. The zero-order valence-corrected chi connectivity index (χ0v) is 21.1. The average Bonchev–Trinajstić information content (AvgIpc) is 3.20. The van der Waals surface area contributed by atoms with Gasteiger partial charge >= 0.3 is 5.97 Å². The lowest BCUT2D eigenvalue weighted by molar-refractivity contribution is -0.111. The molecule has 0 unspecified atom stereocenters. The van der Waals surface area contributed by atoms with Crippen LogP contribution >= 0.6 is 27.3 Å². The van der Waals surface area contributed by atoms with Gasteiger partial charge in [-0.2, -0.15) is 0 Å². The summed E-state index contributed by atoms with van der Waals surface area (Å²) in [4.78, 5) is 26.5. The molecule has 6 nitrogen and oxygen atoms in total. The molecule has 0 aliphatic carbocycles. The predicted octanol–water partition coefficient (Wildman–Crippen LogP) is 6.20. The number of rotatable bonds is 8. The van der Waals surface area contributed by atoms with Crippen molar-refractivity contribution < 1.29 is 23.8 Å². The Morgan fingerprint density at radius 2 is 1.79 bits per heavy atom. The maximum absolute atomic E-state index is 12.8. The Morgan fingerprint density at radius 3 is 2.39 bits per heavy atom. The maximum atomic E-state index is 12.8. The Bertz CT molecular complexity index is 1180. The van der Waals surface area contributed by atoms with Crippen molar-refractivity contribution in [3.63, 3.8) is 0 Å².